The highest BCUT2D eigenvalue weighted by Crippen LogP contribution is 2.23. The highest BCUT2D eigenvalue weighted by Gasteiger charge is 2.14. The molecule has 0 aliphatic rings. The van der Waals surface area contributed by atoms with E-state index in [0.717, 1.165) is 23.0 Å². The van der Waals surface area contributed by atoms with Crippen molar-refractivity contribution >= 4 is 16.8 Å². The summed E-state index contributed by atoms with van der Waals surface area (Å²) >= 11 is 0. The average Bonchev–Trinajstić information content (AvgIpc) is 2.61. The maximum absolute atomic E-state index is 12.7. The zero-order valence-electron chi connectivity index (χ0n) is 14.0. The number of benzene rings is 1. The van der Waals surface area contributed by atoms with Gasteiger partial charge in [-0.1, -0.05) is 38.1 Å². The summed E-state index contributed by atoms with van der Waals surface area (Å²) in [6.45, 7) is 4.96. The van der Waals surface area contributed by atoms with E-state index in [1.165, 1.54) is 0 Å². The van der Waals surface area contributed by atoms with Crippen LogP contribution in [0.15, 0.2) is 54.7 Å². The van der Waals surface area contributed by atoms with E-state index in [-0.39, 0.29) is 5.91 Å². The van der Waals surface area contributed by atoms with E-state index in [1.54, 1.807) is 6.20 Å². The van der Waals surface area contributed by atoms with Crippen molar-refractivity contribution in [2.75, 3.05) is 6.54 Å². The van der Waals surface area contributed by atoms with Gasteiger partial charge in [-0.25, -0.2) is 4.98 Å². The number of hydrogen-bond donors (Lipinski definition) is 1. The summed E-state index contributed by atoms with van der Waals surface area (Å²) < 4.78 is 0. The van der Waals surface area contributed by atoms with Crippen LogP contribution in [-0.2, 0) is 0 Å². The summed E-state index contributed by atoms with van der Waals surface area (Å²) in [5.74, 6) is 0.495. The Hall–Kier alpha value is -2.75. The fraction of sp³-hybridized carbons (Fsp3) is 0.250. The number of fused-ring (bicyclic) bond motifs is 1. The Morgan fingerprint density at radius 1 is 1.08 bits per heavy atom. The molecule has 0 aliphatic carbocycles. The van der Waals surface area contributed by atoms with Crippen molar-refractivity contribution in [3.63, 3.8) is 0 Å². The van der Waals surface area contributed by atoms with Gasteiger partial charge in [-0.3, -0.25) is 9.78 Å². The second-order valence-electron chi connectivity index (χ2n) is 6.23. The molecule has 0 saturated heterocycles. The minimum absolute atomic E-state index is 0.0635. The molecule has 0 spiro atoms. The number of pyridine rings is 2. The maximum atomic E-state index is 12.7. The van der Waals surface area contributed by atoms with Crippen molar-refractivity contribution in [1.82, 2.24) is 15.3 Å². The van der Waals surface area contributed by atoms with E-state index in [0.29, 0.717) is 23.7 Å². The Balaban J connectivity index is 2.00. The molecule has 0 atom stereocenters. The Bertz CT molecular complexity index is 844. The predicted octanol–water partition coefficient (Wildman–Crippen LogP) is 4.07. The van der Waals surface area contributed by atoms with Crippen LogP contribution < -0.4 is 5.32 Å². The first-order valence-corrected chi connectivity index (χ1v) is 8.24. The summed E-state index contributed by atoms with van der Waals surface area (Å²) in [5, 5.41) is 3.87. The van der Waals surface area contributed by atoms with Crippen molar-refractivity contribution in [3.05, 3.63) is 60.3 Å². The zero-order chi connectivity index (χ0) is 16.9. The van der Waals surface area contributed by atoms with Crippen LogP contribution in [0.4, 0.5) is 0 Å². The van der Waals surface area contributed by atoms with Gasteiger partial charge in [0, 0.05) is 18.1 Å². The molecule has 3 rings (SSSR count). The topological polar surface area (TPSA) is 54.9 Å². The monoisotopic (exact) mass is 319 g/mol. The van der Waals surface area contributed by atoms with Gasteiger partial charge in [-0.2, -0.15) is 0 Å². The van der Waals surface area contributed by atoms with Crippen LogP contribution in [0, 0.1) is 5.92 Å². The molecule has 4 nitrogen and oxygen atoms in total. The van der Waals surface area contributed by atoms with Crippen molar-refractivity contribution in [2.45, 2.75) is 20.3 Å². The molecule has 1 N–H and O–H groups in total. The minimum atomic E-state index is -0.0635. The van der Waals surface area contributed by atoms with Crippen molar-refractivity contribution in [2.24, 2.45) is 5.92 Å². The number of aromatic nitrogens is 2. The normalized spacial score (nSPS) is 11.0. The molecule has 1 aromatic carbocycles. The van der Waals surface area contributed by atoms with Crippen LogP contribution in [0.1, 0.15) is 30.6 Å². The van der Waals surface area contributed by atoms with E-state index in [4.69, 9.17) is 0 Å². The molecule has 0 radical (unpaired) electrons. The van der Waals surface area contributed by atoms with Crippen molar-refractivity contribution in [3.8, 4) is 11.4 Å². The molecule has 0 fully saturated rings. The fourth-order valence-electron chi connectivity index (χ4n) is 2.58. The summed E-state index contributed by atoms with van der Waals surface area (Å²) in [6, 6.07) is 15.2. The first-order chi connectivity index (χ1) is 11.6. The van der Waals surface area contributed by atoms with Crippen LogP contribution >= 0.6 is 0 Å². The van der Waals surface area contributed by atoms with E-state index >= 15 is 0 Å². The second-order valence-corrected chi connectivity index (χ2v) is 6.23. The summed E-state index contributed by atoms with van der Waals surface area (Å²) in [4.78, 5) is 21.7. The van der Waals surface area contributed by atoms with E-state index < -0.39 is 0 Å². The zero-order valence-corrected chi connectivity index (χ0v) is 14.0. The van der Waals surface area contributed by atoms with Crippen LogP contribution in [-0.4, -0.2) is 22.4 Å². The summed E-state index contributed by atoms with van der Waals surface area (Å²) in [6.07, 6.45) is 2.69. The predicted molar refractivity (Wildman–Crippen MR) is 96.8 cm³/mol. The third-order valence-corrected chi connectivity index (χ3v) is 3.90. The summed E-state index contributed by atoms with van der Waals surface area (Å²) in [7, 11) is 0. The Morgan fingerprint density at radius 3 is 2.62 bits per heavy atom. The highest BCUT2D eigenvalue weighted by molar-refractivity contribution is 6.07. The lowest BCUT2D eigenvalue weighted by atomic mass is 10.1. The first kappa shape index (κ1) is 16.1. The van der Waals surface area contributed by atoms with Gasteiger partial charge in [0.25, 0.3) is 5.91 Å². The van der Waals surface area contributed by atoms with Crippen LogP contribution in [0.25, 0.3) is 22.3 Å². The number of nitrogens with one attached hydrogen (secondary N) is 1. The Kier molecular flexibility index (Phi) is 4.85. The molecule has 2 heterocycles. The number of carbonyl (C=O) groups is 1. The average molecular weight is 319 g/mol. The molecule has 3 aromatic rings. The first-order valence-electron chi connectivity index (χ1n) is 8.24. The highest BCUT2D eigenvalue weighted by atomic mass is 16.1. The molecule has 0 saturated carbocycles. The fourth-order valence-corrected chi connectivity index (χ4v) is 2.58. The van der Waals surface area contributed by atoms with Gasteiger partial charge in [0.15, 0.2) is 0 Å². The van der Waals surface area contributed by atoms with Crippen molar-refractivity contribution in [1.29, 1.82) is 0 Å². The number of hydrogen-bond acceptors (Lipinski definition) is 3. The molecule has 122 valence electrons. The van der Waals surface area contributed by atoms with E-state index in [2.05, 4.69) is 29.1 Å². The van der Waals surface area contributed by atoms with Crippen LogP contribution in [0.5, 0.6) is 0 Å². The third kappa shape index (κ3) is 3.59. The standard InChI is InChI=1S/C20H21N3O/c1-14(2)10-12-22-20(24)16-13-19(18-9-5-6-11-21-18)23-17-8-4-3-7-15(16)17/h3-9,11,13-14H,10,12H2,1-2H3,(H,22,24). The molecule has 4 heteroatoms. The van der Waals surface area contributed by atoms with Gasteiger partial charge in [-0.15, -0.1) is 0 Å². The lowest BCUT2D eigenvalue weighted by Crippen LogP contribution is -2.25. The smallest absolute Gasteiger partial charge is 0.252 e. The van der Waals surface area contributed by atoms with Gasteiger partial charge < -0.3 is 5.32 Å². The molecule has 2 aromatic heterocycles. The van der Waals surface area contributed by atoms with Gasteiger partial charge >= 0.3 is 0 Å². The Morgan fingerprint density at radius 2 is 1.88 bits per heavy atom. The molecule has 0 unspecified atom stereocenters. The van der Waals surface area contributed by atoms with Gasteiger partial charge in [0.2, 0.25) is 0 Å². The van der Waals surface area contributed by atoms with Crippen LogP contribution in [0.3, 0.4) is 0 Å². The molecular weight excluding hydrogens is 298 g/mol. The SMILES string of the molecule is CC(C)CCNC(=O)c1cc(-c2ccccn2)nc2ccccc12. The second kappa shape index (κ2) is 7.21. The molecule has 0 aliphatic heterocycles. The van der Waals surface area contributed by atoms with Gasteiger partial charge in [0.1, 0.15) is 0 Å². The van der Waals surface area contributed by atoms with E-state index in [1.807, 2.05) is 48.5 Å². The molecule has 1 amide bonds. The third-order valence-electron chi connectivity index (χ3n) is 3.90. The number of nitrogens with zero attached hydrogens (tertiary/aromatic N) is 2. The van der Waals surface area contributed by atoms with Crippen LogP contribution in [0.2, 0.25) is 0 Å². The lowest BCUT2D eigenvalue weighted by molar-refractivity contribution is 0.0953. The number of para-hydroxylation sites is 1. The summed E-state index contributed by atoms with van der Waals surface area (Å²) in [5.41, 5.74) is 2.92. The maximum Gasteiger partial charge on any atom is 0.252 e. The molecule has 24 heavy (non-hydrogen) atoms. The molecule has 0 bridgehead atoms. The molecular formula is C20H21N3O. The number of amides is 1. The quantitative estimate of drug-likeness (QED) is 0.771. The number of carbonyl (C=O) groups excluding carboxylic acids is 1. The van der Waals surface area contributed by atoms with Gasteiger partial charge in [-0.05, 0) is 36.6 Å². The number of rotatable bonds is 5. The van der Waals surface area contributed by atoms with E-state index in [9.17, 15) is 4.79 Å². The van der Waals surface area contributed by atoms with Crippen molar-refractivity contribution < 1.29 is 4.79 Å². The largest absolute Gasteiger partial charge is 0.352 e. The van der Waals surface area contributed by atoms with Gasteiger partial charge in [0.05, 0.1) is 22.5 Å². The lowest BCUT2D eigenvalue weighted by Gasteiger charge is -2.11. The minimum Gasteiger partial charge on any atom is -0.352 e. The Labute approximate surface area is 142 Å².